The number of fused-ring (bicyclic) bond motifs is 1. The molecule has 0 atom stereocenters. The van der Waals surface area contributed by atoms with E-state index in [-0.39, 0.29) is 5.56 Å². The predicted octanol–water partition coefficient (Wildman–Crippen LogP) is 3.61. The van der Waals surface area contributed by atoms with Crippen molar-refractivity contribution in [3.8, 4) is 17.3 Å². The highest BCUT2D eigenvalue weighted by Gasteiger charge is 2.19. The molecule has 32 heavy (non-hydrogen) atoms. The Kier molecular flexibility index (Phi) is 5.82. The summed E-state index contributed by atoms with van der Waals surface area (Å²) in [5.74, 6) is 0. The standard InChI is InChI=1S/C25H23N5OS/c26-15-19-6-8-20(9-7-19)16-28-10-12-29(13-11-28)17-22-14-24(31)30-23(18-32-25(30)27-22)21-4-2-1-3-5-21/h1-9,14,18H,10-13,16-17H2. The number of hydrogen-bond acceptors (Lipinski definition) is 6. The van der Waals surface area contributed by atoms with E-state index >= 15 is 0 Å². The van der Waals surface area contributed by atoms with Crippen LogP contribution in [0.3, 0.4) is 0 Å². The molecule has 0 aliphatic carbocycles. The first-order valence-corrected chi connectivity index (χ1v) is 11.6. The van der Waals surface area contributed by atoms with Crippen molar-refractivity contribution in [2.75, 3.05) is 26.2 Å². The molecule has 5 rings (SSSR count). The van der Waals surface area contributed by atoms with Gasteiger partial charge in [-0.3, -0.25) is 19.0 Å². The highest BCUT2D eigenvalue weighted by atomic mass is 32.1. The fourth-order valence-corrected chi connectivity index (χ4v) is 5.06. The number of thiazole rings is 1. The monoisotopic (exact) mass is 441 g/mol. The summed E-state index contributed by atoms with van der Waals surface area (Å²) < 4.78 is 1.71. The third-order valence-electron chi connectivity index (χ3n) is 5.87. The Hall–Kier alpha value is -3.31. The van der Waals surface area contributed by atoms with Crippen LogP contribution in [-0.2, 0) is 13.1 Å². The molecule has 0 bridgehead atoms. The van der Waals surface area contributed by atoms with Gasteiger partial charge in [-0.1, -0.05) is 42.5 Å². The molecule has 1 fully saturated rings. The second kappa shape index (κ2) is 9.05. The number of nitrogens with zero attached hydrogens (tertiary/aromatic N) is 5. The Labute approximate surface area is 190 Å². The van der Waals surface area contributed by atoms with Gasteiger partial charge in [0.1, 0.15) is 0 Å². The van der Waals surface area contributed by atoms with Crippen molar-refractivity contribution in [3.63, 3.8) is 0 Å². The van der Waals surface area contributed by atoms with Crippen LogP contribution in [0.25, 0.3) is 16.2 Å². The molecule has 0 radical (unpaired) electrons. The summed E-state index contributed by atoms with van der Waals surface area (Å²) in [6, 6.07) is 21.6. The number of aromatic nitrogens is 2. The van der Waals surface area contributed by atoms with E-state index < -0.39 is 0 Å². The Balaban J connectivity index is 1.24. The first kappa shape index (κ1) is 20.6. The summed E-state index contributed by atoms with van der Waals surface area (Å²) in [7, 11) is 0. The van der Waals surface area contributed by atoms with Crippen molar-refractivity contribution < 1.29 is 0 Å². The second-order valence-electron chi connectivity index (χ2n) is 8.05. The van der Waals surface area contributed by atoms with Gasteiger partial charge in [-0.15, -0.1) is 11.3 Å². The van der Waals surface area contributed by atoms with E-state index in [0.29, 0.717) is 12.1 Å². The molecule has 0 spiro atoms. The van der Waals surface area contributed by atoms with Crippen molar-refractivity contribution in [2.45, 2.75) is 13.1 Å². The van der Waals surface area contributed by atoms with Crippen molar-refractivity contribution in [1.82, 2.24) is 19.2 Å². The SMILES string of the molecule is N#Cc1ccc(CN2CCN(Cc3cc(=O)n4c(-c5ccccc5)csc4n3)CC2)cc1. The van der Waals surface area contributed by atoms with E-state index in [2.05, 4.69) is 15.9 Å². The molecule has 0 unspecified atom stereocenters. The smallest absolute Gasteiger partial charge is 0.259 e. The van der Waals surface area contributed by atoms with Crippen molar-refractivity contribution in [1.29, 1.82) is 5.26 Å². The van der Waals surface area contributed by atoms with Gasteiger partial charge < -0.3 is 0 Å². The van der Waals surface area contributed by atoms with Crippen LogP contribution in [0.5, 0.6) is 0 Å². The molecule has 160 valence electrons. The summed E-state index contributed by atoms with van der Waals surface area (Å²) >= 11 is 1.51. The molecule has 1 aliphatic heterocycles. The van der Waals surface area contributed by atoms with Gasteiger partial charge in [-0.05, 0) is 23.3 Å². The zero-order valence-corrected chi connectivity index (χ0v) is 18.5. The summed E-state index contributed by atoms with van der Waals surface area (Å²) in [5.41, 5.74) is 4.64. The molecule has 1 saturated heterocycles. The van der Waals surface area contributed by atoms with Crippen LogP contribution < -0.4 is 5.56 Å². The Morgan fingerprint density at radius 3 is 2.31 bits per heavy atom. The largest absolute Gasteiger partial charge is 0.297 e. The Bertz CT molecular complexity index is 1310. The second-order valence-corrected chi connectivity index (χ2v) is 8.89. The third kappa shape index (κ3) is 4.34. The van der Waals surface area contributed by atoms with Gasteiger partial charge >= 0.3 is 0 Å². The normalized spacial score (nSPS) is 15.1. The van der Waals surface area contributed by atoms with Gasteiger partial charge in [0.25, 0.3) is 5.56 Å². The fourth-order valence-electron chi connectivity index (χ4n) is 4.13. The zero-order chi connectivity index (χ0) is 21.9. The van der Waals surface area contributed by atoms with Gasteiger partial charge in [-0.2, -0.15) is 5.26 Å². The van der Waals surface area contributed by atoms with E-state index in [1.165, 1.54) is 16.9 Å². The maximum atomic E-state index is 12.9. The van der Waals surface area contributed by atoms with Crippen LogP contribution in [0, 0.1) is 11.3 Å². The summed E-state index contributed by atoms with van der Waals surface area (Å²) in [6.45, 7) is 5.41. The minimum Gasteiger partial charge on any atom is -0.297 e. The molecule has 1 aliphatic rings. The number of hydrogen-bond donors (Lipinski definition) is 0. The van der Waals surface area contributed by atoms with Crippen LogP contribution in [0.4, 0.5) is 0 Å². The summed E-state index contributed by atoms with van der Waals surface area (Å²) in [6.07, 6.45) is 0. The minimum absolute atomic E-state index is 0.0236. The predicted molar refractivity (Wildman–Crippen MR) is 126 cm³/mol. The van der Waals surface area contributed by atoms with Gasteiger partial charge in [0.2, 0.25) is 0 Å². The van der Waals surface area contributed by atoms with E-state index in [1.54, 1.807) is 10.5 Å². The van der Waals surface area contributed by atoms with E-state index in [9.17, 15) is 4.79 Å². The molecule has 4 aromatic rings. The number of rotatable bonds is 5. The molecule has 0 amide bonds. The third-order valence-corrected chi connectivity index (χ3v) is 6.69. The quantitative estimate of drug-likeness (QED) is 0.473. The van der Waals surface area contributed by atoms with E-state index in [0.717, 1.165) is 54.6 Å². The summed E-state index contributed by atoms with van der Waals surface area (Å²) in [4.78, 5) is 23.2. The summed E-state index contributed by atoms with van der Waals surface area (Å²) in [5, 5.41) is 10.9. The molecule has 2 aromatic carbocycles. The number of benzene rings is 2. The first-order valence-electron chi connectivity index (χ1n) is 10.7. The van der Waals surface area contributed by atoms with E-state index in [1.807, 2.05) is 60.0 Å². The van der Waals surface area contributed by atoms with Gasteiger partial charge in [0.15, 0.2) is 4.96 Å². The van der Waals surface area contributed by atoms with Crippen molar-refractivity contribution in [3.05, 3.63) is 93.2 Å². The lowest BCUT2D eigenvalue weighted by molar-refractivity contribution is 0.121. The van der Waals surface area contributed by atoms with Crippen LogP contribution in [-0.4, -0.2) is 45.4 Å². The van der Waals surface area contributed by atoms with Crippen LogP contribution in [0.15, 0.2) is 70.8 Å². The van der Waals surface area contributed by atoms with Gasteiger partial charge in [0, 0.05) is 50.7 Å². The maximum absolute atomic E-state index is 12.9. The number of piperazine rings is 1. The fraction of sp³-hybridized carbons (Fsp3) is 0.240. The van der Waals surface area contributed by atoms with Crippen LogP contribution in [0.2, 0.25) is 0 Å². The Morgan fingerprint density at radius 1 is 0.938 bits per heavy atom. The average molecular weight is 442 g/mol. The Morgan fingerprint density at radius 2 is 1.62 bits per heavy atom. The lowest BCUT2D eigenvalue weighted by Gasteiger charge is -2.34. The topological polar surface area (TPSA) is 64.6 Å². The molecule has 0 saturated carbocycles. The van der Waals surface area contributed by atoms with Crippen molar-refractivity contribution in [2.24, 2.45) is 0 Å². The average Bonchev–Trinajstić information content (AvgIpc) is 3.26. The molecule has 0 N–H and O–H groups in total. The van der Waals surface area contributed by atoms with E-state index in [4.69, 9.17) is 10.2 Å². The van der Waals surface area contributed by atoms with Crippen molar-refractivity contribution >= 4 is 16.3 Å². The zero-order valence-electron chi connectivity index (χ0n) is 17.6. The molecular formula is C25H23N5OS. The lowest BCUT2D eigenvalue weighted by Crippen LogP contribution is -2.45. The molecular weight excluding hydrogens is 418 g/mol. The highest BCUT2D eigenvalue weighted by molar-refractivity contribution is 7.15. The van der Waals surface area contributed by atoms with Gasteiger partial charge in [-0.25, -0.2) is 4.98 Å². The van der Waals surface area contributed by atoms with Crippen LogP contribution in [0.1, 0.15) is 16.8 Å². The minimum atomic E-state index is -0.0236. The van der Waals surface area contributed by atoms with Gasteiger partial charge in [0.05, 0.1) is 23.0 Å². The molecule has 6 nitrogen and oxygen atoms in total. The molecule has 3 heterocycles. The molecule has 2 aromatic heterocycles. The highest BCUT2D eigenvalue weighted by Crippen LogP contribution is 2.24. The maximum Gasteiger partial charge on any atom is 0.259 e. The lowest BCUT2D eigenvalue weighted by atomic mass is 10.1. The molecule has 7 heteroatoms. The first-order chi connectivity index (χ1) is 15.7. The number of nitriles is 1. The van der Waals surface area contributed by atoms with Crippen LogP contribution >= 0.6 is 11.3 Å².